The van der Waals surface area contributed by atoms with Crippen LogP contribution in [0.15, 0.2) is 24.3 Å². The molecule has 0 bridgehead atoms. The lowest BCUT2D eigenvalue weighted by Gasteiger charge is -2.04. The molecule has 0 N–H and O–H groups in total. The fraction of sp³-hybridized carbons (Fsp3) is 0.222. The second-order valence-electron chi connectivity index (χ2n) is 2.35. The SMILES string of the molecule is [CH2]C(Cl)OCc1ccc(F)cc1. The van der Waals surface area contributed by atoms with Gasteiger partial charge in [0.1, 0.15) is 11.4 Å². The average molecular weight is 188 g/mol. The average Bonchev–Trinajstić information content (AvgIpc) is 2.03. The van der Waals surface area contributed by atoms with Gasteiger partial charge in [0.05, 0.1) is 6.61 Å². The van der Waals surface area contributed by atoms with E-state index in [2.05, 4.69) is 6.92 Å². The zero-order valence-corrected chi connectivity index (χ0v) is 7.22. The molecule has 1 aromatic rings. The highest BCUT2D eigenvalue weighted by Gasteiger charge is 1.97. The van der Waals surface area contributed by atoms with Crippen molar-refractivity contribution in [1.82, 2.24) is 0 Å². The van der Waals surface area contributed by atoms with Crippen LogP contribution in [0.5, 0.6) is 0 Å². The van der Waals surface area contributed by atoms with Crippen LogP contribution in [0.4, 0.5) is 4.39 Å². The van der Waals surface area contributed by atoms with Crippen molar-refractivity contribution in [2.75, 3.05) is 0 Å². The zero-order chi connectivity index (χ0) is 8.97. The minimum Gasteiger partial charge on any atom is -0.358 e. The highest BCUT2D eigenvalue weighted by atomic mass is 35.5. The second-order valence-corrected chi connectivity index (χ2v) is 2.83. The molecule has 3 heteroatoms. The number of benzene rings is 1. The Morgan fingerprint density at radius 3 is 2.50 bits per heavy atom. The first-order chi connectivity index (χ1) is 5.68. The minimum absolute atomic E-state index is 0.254. The highest BCUT2D eigenvalue weighted by Crippen LogP contribution is 2.06. The van der Waals surface area contributed by atoms with Gasteiger partial charge in [-0.2, -0.15) is 0 Å². The number of ether oxygens (including phenoxy) is 1. The molecule has 1 unspecified atom stereocenters. The van der Waals surface area contributed by atoms with Crippen LogP contribution in [0.3, 0.4) is 0 Å². The van der Waals surface area contributed by atoms with Gasteiger partial charge < -0.3 is 4.74 Å². The van der Waals surface area contributed by atoms with Gasteiger partial charge in [-0.3, -0.25) is 0 Å². The largest absolute Gasteiger partial charge is 0.358 e. The van der Waals surface area contributed by atoms with Crippen molar-refractivity contribution in [3.63, 3.8) is 0 Å². The lowest BCUT2D eigenvalue weighted by atomic mass is 10.2. The second kappa shape index (κ2) is 4.43. The van der Waals surface area contributed by atoms with E-state index in [0.29, 0.717) is 6.61 Å². The molecule has 0 spiro atoms. The molecule has 0 saturated carbocycles. The maximum atomic E-state index is 12.4. The molecule has 1 radical (unpaired) electrons. The fourth-order valence-electron chi connectivity index (χ4n) is 0.767. The van der Waals surface area contributed by atoms with Crippen molar-refractivity contribution in [1.29, 1.82) is 0 Å². The molecule has 12 heavy (non-hydrogen) atoms. The van der Waals surface area contributed by atoms with Crippen molar-refractivity contribution in [3.05, 3.63) is 42.6 Å². The van der Waals surface area contributed by atoms with Gasteiger partial charge in [-0.05, 0) is 24.6 Å². The third kappa shape index (κ3) is 3.20. The quantitative estimate of drug-likeness (QED) is 0.662. The molecule has 1 atom stereocenters. The first kappa shape index (κ1) is 9.49. The van der Waals surface area contributed by atoms with E-state index >= 15 is 0 Å². The summed E-state index contributed by atoms with van der Waals surface area (Å²) in [6, 6.07) is 6.05. The molecule has 1 aromatic carbocycles. The fourth-order valence-corrected chi connectivity index (χ4v) is 0.830. The van der Waals surface area contributed by atoms with E-state index in [1.807, 2.05) is 0 Å². The van der Waals surface area contributed by atoms with Gasteiger partial charge >= 0.3 is 0 Å². The van der Waals surface area contributed by atoms with E-state index in [1.165, 1.54) is 12.1 Å². The summed E-state index contributed by atoms with van der Waals surface area (Å²) >= 11 is 5.45. The first-order valence-corrected chi connectivity index (χ1v) is 3.95. The molecule has 0 aliphatic carbocycles. The van der Waals surface area contributed by atoms with Gasteiger partial charge in [0.25, 0.3) is 0 Å². The molecule has 65 valence electrons. The molecule has 0 heterocycles. The molecule has 0 aromatic heterocycles. The molecular weight excluding hydrogens is 179 g/mol. The molecule has 0 aliphatic heterocycles. The van der Waals surface area contributed by atoms with Crippen molar-refractivity contribution >= 4 is 11.6 Å². The van der Waals surface area contributed by atoms with Crippen LogP contribution < -0.4 is 0 Å². The van der Waals surface area contributed by atoms with Crippen LogP contribution in [0, 0.1) is 12.7 Å². The number of rotatable bonds is 3. The van der Waals surface area contributed by atoms with E-state index in [-0.39, 0.29) is 5.82 Å². The third-order valence-electron chi connectivity index (χ3n) is 1.34. The third-order valence-corrected chi connectivity index (χ3v) is 1.47. The number of hydrogen-bond donors (Lipinski definition) is 0. The Labute approximate surface area is 76.1 Å². The molecule has 1 rings (SSSR count). The van der Waals surface area contributed by atoms with Crippen molar-refractivity contribution < 1.29 is 9.13 Å². The summed E-state index contributed by atoms with van der Waals surface area (Å²) in [6.07, 6.45) is 0. The lowest BCUT2D eigenvalue weighted by Crippen LogP contribution is -1.99. The molecule has 0 fully saturated rings. The van der Waals surface area contributed by atoms with Gasteiger partial charge in [0, 0.05) is 0 Å². The number of hydrogen-bond acceptors (Lipinski definition) is 1. The topological polar surface area (TPSA) is 9.23 Å². The Bertz CT molecular complexity index is 233. The van der Waals surface area contributed by atoms with Crippen LogP contribution in [0.1, 0.15) is 5.56 Å². The van der Waals surface area contributed by atoms with Crippen molar-refractivity contribution in [3.8, 4) is 0 Å². The Kier molecular flexibility index (Phi) is 3.50. The number of halogens is 2. The smallest absolute Gasteiger partial charge is 0.131 e. The van der Waals surface area contributed by atoms with E-state index in [1.54, 1.807) is 12.1 Å². The van der Waals surface area contributed by atoms with Gasteiger partial charge in [-0.25, -0.2) is 4.39 Å². The van der Waals surface area contributed by atoms with Gasteiger partial charge in [0.2, 0.25) is 0 Å². The predicted octanol–water partition coefficient (Wildman–Crippen LogP) is 2.74. The van der Waals surface area contributed by atoms with Crippen molar-refractivity contribution in [2.24, 2.45) is 0 Å². The predicted molar refractivity (Wildman–Crippen MR) is 46.2 cm³/mol. The highest BCUT2D eigenvalue weighted by molar-refractivity contribution is 6.20. The number of alkyl halides is 1. The molecule has 0 saturated heterocycles. The van der Waals surface area contributed by atoms with Crippen LogP contribution in [0.2, 0.25) is 0 Å². The molecular formula is C9H9ClFO. The van der Waals surface area contributed by atoms with E-state index in [4.69, 9.17) is 16.3 Å². The maximum Gasteiger partial charge on any atom is 0.131 e. The van der Waals surface area contributed by atoms with Crippen LogP contribution in [-0.4, -0.2) is 5.56 Å². The minimum atomic E-state index is -0.560. The van der Waals surface area contributed by atoms with Crippen LogP contribution >= 0.6 is 11.6 Å². The normalized spacial score (nSPS) is 12.9. The summed E-state index contributed by atoms with van der Waals surface area (Å²) in [6.45, 7) is 3.80. The summed E-state index contributed by atoms with van der Waals surface area (Å²) in [5, 5.41) is 0. The van der Waals surface area contributed by atoms with Crippen molar-refractivity contribution in [2.45, 2.75) is 12.2 Å². The van der Waals surface area contributed by atoms with E-state index in [9.17, 15) is 4.39 Å². The maximum absolute atomic E-state index is 12.4. The standard InChI is InChI=1S/C9H9ClFO/c1-7(10)12-6-8-2-4-9(11)5-3-8/h2-5,7H,1,6H2. The Balaban J connectivity index is 2.48. The summed E-state index contributed by atoms with van der Waals surface area (Å²) in [5.41, 5.74) is 0.320. The first-order valence-electron chi connectivity index (χ1n) is 3.51. The Morgan fingerprint density at radius 1 is 1.42 bits per heavy atom. The van der Waals surface area contributed by atoms with Crippen LogP contribution in [-0.2, 0) is 11.3 Å². The summed E-state index contributed by atoms with van der Waals surface area (Å²) in [7, 11) is 0. The summed E-state index contributed by atoms with van der Waals surface area (Å²) in [5.74, 6) is -0.254. The van der Waals surface area contributed by atoms with E-state index < -0.39 is 5.56 Å². The monoisotopic (exact) mass is 187 g/mol. The summed E-state index contributed by atoms with van der Waals surface area (Å²) in [4.78, 5) is 0. The van der Waals surface area contributed by atoms with E-state index in [0.717, 1.165) is 5.56 Å². The lowest BCUT2D eigenvalue weighted by molar-refractivity contribution is 0.120. The van der Waals surface area contributed by atoms with Crippen LogP contribution in [0.25, 0.3) is 0 Å². The van der Waals surface area contributed by atoms with Gasteiger partial charge in [-0.15, -0.1) is 0 Å². The zero-order valence-electron chi connectivity index (χ0n) is 6.47. The Morgan fingerprint density at radius 2 is 2.00 bits per heavy atom. The summed E-state index contributed by atoms with van der Waals surface area (Å²) < 4.78 is 17.4. The van der Waals surface area contributed by atoms with Gasteiger partial charge in [-0.1, -0.05) is 23.7 Å². The Hall–Kier alpha value is -0.600. The molecule has 1 nitrogen and oxygen atoms in total. The molecule has 0 aliphatic rings. The molecule has 0 amide bonds. The van der Waals surface area contributed by atoms with Gasteiger partial charge in [0.15, 0.2) is 0 Å².